The lowest BCUT2D eigenvalue weighted by molar-refractivity contribution is 0.0528. The van der Waals surface area contributed by atoms with E-state index in [1.807, 2.05) is 61.5 Å². The average molecular weight is 455 g/mol. The molecule has 0 amide bonds. The second-order valence-electron chi connectivity index (χ2n) is 6.87. The Morgan fingerprint density at radius 2 is 1.94 bits per heavy atom. The van der Waals surface area contributed by atoms with Gasteiger partial charge in [0.05, 0.1) is 18.2 Å². The van der Waals surface area contributed by atoms with Gasteiger partial charge in [-0.3, -0.25) is 0 Å². The van der Waals surface area contributed by atoms with Crippen LogP contribution < -0.4 is 20.1 Å². The molecular weight excluding hydrogens is 432 g/mol. The van der Waals surface area contributed by atoms with Crippen molar-refractivity contribution in [2.24, 2.45) is 0 Å². The van der Waals surface area contributed by atoms with Crippen molar-refractivity contribution in [2.45, 2.75) is 19.9 Å². The minimum absolute atomic E-state index is 0.0749. The molecular formula is C23H22N2O4S2. The smallest absolute Gasteiger partial charge is 0.341 e. The van der Waals surface area contributed by atoms with Gasteiger partial charge in [-0.2, -0.15) is 0 Å². The molecule has 6 nitrogen and oxygen atoms in total. The van der Waals surface area contributed by atoms with Crippen LogP contribution in [-0.2, 0) is 4.74 Å². The van der Waals surface area contributed by atoms with Crippen molar-refractivity contribution < 1.29 is 19.0 Å². The summed E-state index contributed by atoms with van der Waals surface area (Å²) in [7, 11) is 0. The number of benzene rings is 2. The fourth-order valence-electron chi connectivity index (χ4n) is 3.19. The highest BCUT2D eigenvalue weighted by Crippen LogP contribution is 2.36. The second kappa shape index (κ2) is 9.36. The van der Waals surface area contributed by atoms with E-state index in [0.29, 0.717) is 22.3 Å². The first-order valence-corrected chi connectivity index (χ1v) is 11.1. The first kappa shape index (κ1) is 21.1. The van der Waals surface area contributed by atoms with Crippen LogP contribution in [0, 0.1) is 0 Å². The summed E-state index contributed by atoms with van der Waals surface area (Å²) in [6.45, 7) is 4.33. The Bertz CT molecular complexity index is 1100. The number of nitrogens with one attached hydrogen (secondary N) is 2. The van der Waals surface area contributed by atoms with Crippen LogP contribution in [0.5, 0.6) is 11.5 Å². The van der Waals surface area contributed by atoms with E-state index in [-0.39, 0.29) is 18.8 Å². The summed E-state index contributed by atoms with van der Waals surface area (Å²) in [4.78, 5) is 13.5. The van der Waals surface area contributed by atoms with E-state index in [4.69, 9.17) is 26.4 Å². The second-order valence-corrected chi connectivity index (χ2v) is 8.33. The Hall–Kier alpha value is -3.10. The quantitative estimate of drug-likeness (QED) is 0.383. The van der Waals surface area contributed by atoms with Gasteiger partial charge >= 0.3 is 5.97 Å². The van der Waals surface area contributed by atoms with Crippen molar-refractivity contribution in [2.75, 3.05) is 18.7 Å². The van der Waals surface area contributed by atoms with Crippen molar-refractivity contribution in [1.82, 2.24) is 5.32 Å². The van der Waals surface area contributed by atoms with Crippen LogP contribution in [0.25, 0.3) is 10.4 Å². The lowest BCUT2D eigenvalue weighted by Crippen LogP contribution is -2.31. The van der Waals surface area contributed by atoms with Crippen LogP contribution in [0.3, 0.4) is 0 Å². The van der Waals surface area contributed by atoms with Crippen LogP contribution >= 0.6 is 23.6 Å². The van der Waals surface area contributed by atoms with Gasteiger partial charge in [-0.25, -0.2) is 4.79 Å². The largest absolute Gasteiger partial charge is 0.462 e. The molecule has 1 aromatic heterocycles. The highest BCUT2D eigenvalue weighted by Gasteiger charge is 2.20. The molecule has 0 unspecified atom stereocenters. The van der Waals surface area contributed by atoms with Gasteiger partial charge in [0.2, 0.25) is 6.79 Å². The Morgan fingerprint density at radius 1 is 1.16 bits per heavy atom. The molecule has 0 radical (unpaired) electrons. The lowest BCUT2D eigenvalue weighted by atomic mass is 10.1. The maximum atomic E-state index is 12.5. The molecule has 3 aromatic rings. The number of ether oxygens (including phenoxy) is 3. The highest BCUT2D eigenvalue weighted by molar-refractivity contribution is 7.80. The molecule has 0 fully saturated rings. The van der Waals surface area contributed by atoms with Crippen LogP contribution in [0.1, 0.15) is 35.8 Å². The van der Waals surface area contributed by atoms with E-state index in [1.165, 1.54) is 11.3 Å². The van der Waals surface area contributed by atoms with Crippen LogP contribution in [0.15, 0.2) is 54.6 Å². The Kier molecular flexibility index (Phi) is 6.39. The Balaban J connectivity index is 1.51. The normalized spacial score (nSPS) is 12.8. The highest BCUT2D eigenvalue weighted by atomic mass is 32.1. The predicted molar refractivity (Wildman–Crippen MR) is 126 cm³/mol. The van der Waals surface area contributed by atoms with Gasteiger partial charge in [0.1, 0.15) is 5.00 Å². The molecule has 31 heavy (non-hydrogen) atoms. The molecule has 0 saturated carbocycles. The number of carbonyl (C=O) groups is 1. The summed E-state index contributed by atoms with van der Waals surface area (Å²) in [6, 6.07) is 17.4. The maximum Gasteiger partial charge on any atom is 0.341 e. The zero-order chi connectivity index (χ0) is 21.8. The van der Waals surface area contributed by atoms with Crippen LogP contribution in [0.2, 0.25) is 0 Å². The van der Waals surface area contributed by atoms with Crippen molar-refractivity contribution in [3.05, 3.63) is 65.7 Å². The summed E-state index contributed by atoms with van der Waals surface area (Å²) < 4.78 is 16.0. The van der Waals surface area contributed by atoms with Crippen molar-refractivity contribution in [3.8, 4) is 21.9 Å². The van der Waals surface area contributed by atoms with E-state index in [9.17, 15) is 4.79 Å². The molecule has 0 bridgehead atoms. The van der Waals surface area contributed by atoms with Crippen molar-refractivity contribution in [1.29, 1.82) is 0 Å². The molecule has 0 spiro atoms. The molecule has 2 heterocycles. The number of carbonyl (C=O) groups excluding carboxylic acids is 1. The maximum absolute atomic E-state index is 12.5. The van der Waals surface area contributed by atoms with Gasteiger partial charge in [-0.1, -0.05) is 36.4 Å². The summed E-state index contributed by atoms with van der Waals surface area (Å²) in [6.07, 6.45) is 0. The number of rotatable bonds is 6. The minimum atomic E-state index is -0.380. The van der Waals surface area contributed by atoms with Gasteiger partial charge in [0, 0.05) is 4.88 Å². The molecule has 8 heteroatoms. The fraction of sp³-hybridized carbons (Fsp3) is 0.217. The van der Waals surface area contributed by atoms with Crippen LogP contribution in [-0.4, -0.2) is 24.5 Å². The predicted octanol–water partition coefficient (Wildman–Crippen LogP) is 5.37. The first-order valence-electron chi connectivity index (χ1n) is 9.88. The van der Waals surface area contributed by atoms with Gasteiger partial charge in [0.25, 0.3) is 0 Å². The number of thiocarbonyl (C=S) groups is 1. The third-order valence-corrected chi connectivity index (χ3v) is 6.08. The average Bonchev–Trinajstić information content (AvgIpc) is 3.41. The summed E-state index contributed by atoms with van der Waals surface area (Å²) in [5, 5.41) is 7.50. The van der Waals surface area contributed by atoms with Crippen molar-refractivity contribution >= 4 is 39.6 Å². The molecule has 1 aliphatic rings. The number of hydrogen-bond donors (Lipinski definition) is 2. The number of esters is 1. The lowest BCUT2D eigenvalue weighted by Gasteiger charge is -2.17. The summed E-state index contributed by atoms with van der Waals surface area (Å²) in [5.74, 6) is 1.08. The van der Waals surface area contributed by atoms with E-state index in [0.717, 1.165) is 27.5 Å². The third kappa shape index (κ3) is 4.81. The molecule has 2 aromatic carbocycles. The summed E-state index contributed by atoms with van der Waals surface area (Å²) >= 11 is 6.98. The SMILES string of the molecule is CCOC(=O)c1cc(-c2ccccc2)sc1NC(=S)N[C@@H](C)c1ccc2c(c1)OCO2. The zero-order valence-corrected chi connectivity index (χ0v) is 18.8. The fourth-order valence-corrected chi connectivity index (χ4v) is 4.59. The molecule has 0 aliphatic carbocycles. The third-order valence-electron chi connectivity index (χ3n) is 4.76. The molecule has 1 atom stereocenters. The molecule has 1 aliphatic heterocycles. The molecule has 0 saturated heterocycles. The van der Waals surface area contributed by atoms with Gasteiger partial charge < -0.3 is 24.8 Å². The van der Waals surface area contributed by atoms with E-state index >= 15 is 0 Å². The number of fused-ring (bicyclic) bond motifs is 1. The van der Waals surface area contributed by atoms with E-state index in [1.54, 1.807) is 6.92 Å². The minimum Gasteiger partial charge on any atom is -0.462 e. The van der Waals surface area contributed by atoms with Crippen LogP contribution in [0.4, 0.5) is 5.00 Å². The summed E-state index contributed by atoms with van der Waals surface area (Å²) in [5.41, 5.74) is 2.50. The number of thiophene rings is 1. The number of anilines is 1. The molecule has 160 valence electrons. The standard InChI is InChI=1S/C23H22N2O4S2/c1-3-27-22(26)17-12-20(15-7-5-4-6-8-15)31-21(17)25-23(30)24-14(2)16-9-10-18-19(11-16)29-13-28-18/h4-12,14H,3,13H2,1-2H3,(H2,24,25,30)/t14-/m0/s1. The zero-order valence-electron chi connectivity index (χ0n) is 17.1. The number of hydrogen-bond acceptors (Lipinski definition) is 6. The first-order chi connectivity index (χ1) is 15.0. The van der Waals surface area contributed by atoms with Gasteiger partial charge in [-0.05, 0) is 55.4 Å². The molecule has 2 N–H and O–H groups in total. The van der Waals surface area contributed by atoms with E-state index in [2.05, 4.69) is 10.6 Å². The van der Waals surface area contributed by atoms with Crippen molar-refractivity contribution in [3.63, 3.8) is 0 Å². The molecule has 4 rings (SSSR count). The van der Waals surface area contributed by atoms with Gasteiger partial charge in [-0.15, -0.1) is 11.3 Å². The van der Waals surface area contributed by atoms with E-state index < -0.39 is 0 Å². The Morgan fingerprint density at radius 3 is 2.71 bits per heavy atom. The van der Waals surface area contributed by atoms with Gasteiger partial charge in [0.15, 0.2) is 16.6 Å². The monoisotopic (exact) mass is 454 g/mol. The Labute approximate surface area is 190 Å². The topological polar surface area (TPSA) is 68.8 Å².